The number of benzene rings is 1. The third kappa shape index (κ3) is 4.45. The molecule has 0 fully saturated rings. The second kappa shape index (κ2) is 7.90. The van der Waals surface area contributed by atoms with Gasteiger partial charge in [-0.2, -0.15) is 23.5 Å². The molecule has 2 aromatic heterocycles. The summed E-state index contributed by atoms with van der Waals surface area (Å²) in [6.45, 7) is 0. The molecule has 0 radical (unpaired) electrons. The van der Waals surface area contributed by atoms with Gasteiger partial charge in [0.2, 0.25) is 5.75 Å². The van der Waals surface area contributed by atoms with Crippen LogP contribution in [0.3, 0.4) is 0 Å². The molecule has 0 aliphatic rings. The van der Waals surface area contributed by atoms with E-state index in [2.05, 4.69) is 10.1 Å². The molecule has 3 aromatic rings. The summed E-state index contributed by atoms with van der Waals surface area (Å²) < 4.78 is 46.0. The molecule has 0 aliphatic heterocycles. The average Bonchev–Trinajstić information content (AvgIpc) is 2.68. The first kappa shape index (κ1) is 22.1. The van der Waals surface area contributed by atoms with Crippen LogP contribution in [0.1, 0.15) is 17.0 Å². The van der Waals surface area contributed by atoms with Crippen molar-refractivity contribution in [2.24, 2.45) is 0 Å². The van der Waals surface area contributed by atoms with E-state index < -0.39 is 34.4 Å². The molecule has 1 atom stereocenters. The van der Waals surface area contributed by atoms with Gasteiger partial charge in [-0.25, -0.2) is 10.1 Å². The number of hydrogen-bond acceptors (Lipinski definition) is 7. The molecule has 31 heavy (non-hydrogen) atoms. The first-order valence-electron chi connectivity index (χ1n) is 8.30. The zero-order valence-electron chi connectivity index (χ0n) is 15.4. The number of rotatable bonds is 4. The molecular weight excluding hydrogens is 441 g/mol. The number of nitriles is 1. The van der Waals surface area contributed by atoms with Crippen LogP contribution in [0.25, 0.3) is 0 Å². The smallest absolute Gasteiger partial charge is 0.437 e. The molecular formula is C17H10BClF3N5O4. The van der Waals surface area contributed by atoms with E-state index in [9.17, 15) is 27.9 Å². The largest absolute Gasteiger partial charge is 0.449 e. The molecule has 0 amide bonds. The maximum atomic E-state index is 13.5. The van der Waals surface area contributed by atoms with Crippen LogP contribution < -0.4 is 15.9 Å². The van der Waals surface area contributed by atoms with Crippen LogP contribution in [0.2, 0.25) is 5.02 Å². The number of halogens is 4. The number of hydrogen-bond donors (Lipinski definition) is 2. The standard InChI is InChI=1S/C17H10BClF3N5O4/c18-16(30,11-1-2-12(28)26-25-11)27-7-24-14(17(20,21)22)13(15(27)29)31-10-4-8(6-23)3-9(19)5-10/h1-5,7,30H,18H2,(H,26,28). The summed E-state index contributed by atoms with van der Waals surface area (Å²) in [4.78, 5) is 27.3. The lowest BCUT2D eigenvalue weighted by molar-refractivity contribution is -0.142. The highest BCUT2D eigenvalue weighted by molar-refractivity contribution is 6.30. The predicted molar refractivity (Wildman–Crippen MR) is 102 cm³/mol. The predicted octanol–water partition coefficient (Wildman–Crippen LogP) is 0.947. The molecule has 2 N–H and O–H groups in total. The fourth-order valence-electron chi connectivity index (χ4n) is 2.58. The molecule has 0 saturated heterocycles. The van der Waals surface area contributed by atoms with Crippen molar-refractivity contribution >= 4 is 19.4 Å². The number of nitrogens with zero attached hydrogens (tertiary/aromatic N) is 4. The zero-order chi connectivity index (χ0) is 23.0. The Hall–Kier alpha value is -3.63. The summed E-state index contributed by atoms with van der Waals surface area (Å²) in [5.74, 6) is -1.58. The highest BCUT2D eigenvalue weighted by Crippen LogP contribution is 2.35. The number of nitrogens with one attached hydrogen (secondary N) is 1. The summed E-state index contributed by atoms with van der Waals surface area (Å²) in [6.07, 6.45) is -4.60. The Morgan fingerprint density at radius 2 is 1.97 bits per heavy atom. The van der Waals surface area contributed by atoms with Crippen molar-refractivity contribution in [1.29, 1.82) is 5.26 Å². The van der Waals surface area contributed by atoms with Gasteiger partial charge in [0.05, 0.1) is 11.6 Å². The van der Waals surface area contributed by atoms with Crippen LogP contribution >= 0.6 is 11.6 Å². The summed E-state index contributed by atoms with van der Waals surface area (Å²) in [6, 6.07) is 7.26. The molecule has 14 heteroatoms. The van der Waals surface area contributed by atoms with Crippen molar-refractivity contribution in [2.75, 3.05) is 0 Å². The Kier molecular flexibility index (Phi) is 5.62. The van der Waals surface area contributed by atoms with Gasteiger partial charge in [-0.3, -0.25) is 14.2 Å². The van der Waals surface area contributed by atoms with E-state index >= 15 is 0 Å². The van der Waals surface area contributed by atoms with Crippen LogP contribution in [0.15, 0.2) is 46.2 Å². The quantitative estimate of drug-likeness (QED) is 0.564. The Morgan fingerprint density at radius 3 is 2.55 bits per heavy atom. The van der Waals surface area contributed by atoms with Crippen molar-refractivity contribution in [3.05, 3.63) is 79.3 Å². The van der Waals surface area contributed by atoms with Gasteiger partial charge in [0.15, 0.2) is 13.5 Å². The van der Waals surface area contributed by atoms with Gasteiger partial charge >= 0.3 is 6.18 Å². The lowest BCUT2D eigenvalue weighted by atomic mass is 9.87. The number of alkyl halides is 3. The number of H-pyrrole nitrogens is 1. The molecule has 3 rings (SSSR count). The molecule has 9 nitrogen and oxygen atoms in total. The van der Waals surface area contributed by atoms with E-state index in [4.69, 9.17) is 21.6 Å². The van der Waals surface area contributed by atoms with Gasteiger partial charge in [-0.1, -0.05) is 11.6 Å². The second-order valence-electron chi connectivity index (χ2n) is 6.31. The Labute approximate surface area is 176 Å². The third-order valence-corrected chi connectivity index (χ3v) is 4.27. The maximum Gasteiger partial charge on any atom is 0.437 e. The first-order chi connectivity index (χ1) is 14.4. The zero-order valence-corrected chi connectivity index (χ0v) is 16.2. The van der Waals surface area contributed by atoms with Crippen molar-refractivity contribution < 1.29 is 23.0 Å². The highest BCUT2D eigenvalue weighted by atomic mass is 35.5. The summed E-state index contributed by atoms with van der Waals surface area (Å²) >= 11 is 5.83. The average molecular weight is 452 g/mol. The van der Waals surface area contributed by atoms with Crippen LogP contribution in [-0.2, 0) is 11.8 Å². The SMILES string of the molecule is BC(O)(c1ccc(=O)[nH]n1)n1cnc(C(F)(F)F)c(Oc2cc(Cl)cc(C#N)c2)c1=O. The molecule has 0 saturated carbocycles. The molecule has 0 bridgehead atoms. The van der Waals surface area contributed by atoms with Gasteiger partial charge in [0.1, 0.15) is 23.4 Å². The van der Waals surface area contributed by atoms with E-state index in [1.165, 1.54) is 6.07 Å². The number of aromatic amines is 1. The topological polar surface area (TPSA) is 134 Å². The van der Waals surface area contributed by atoms with Crippen LogP contribution in [0, 0.1) is 11.3 Å². The fourth-order valence-corrected chi connectivity index (χ4v) is 2.80. The van der Waals surface area contributed by atoms with E-state index in [1.807, 2.05) is 5.10 Å². The lowest BCUT2D eigenvalue weighted by Crippen LogP contribution is -2.44. The van der Waals surface area contributed by atoms with Crippen molar-refractivity contribution in [1.82, 2.24) is 19.7 Å². The Bertz CT molecular complexity index is 1300. The Balaban J connectivity index is 2.21. The number of aromatic nitrogens is 4. The minimum atomic E-state index is -5.08. The number of aliphatic hydroxyl groups is 1. The van der Waals surface area contributed by atoms with E-state index in [0.29, 0.717) is 10.9 Å². The second-order valence-corrected chi connectivity index (χ2v) is 6.75. The van der Waals surface area contributed by atoms with E-state index in [1.54, 1.807) is 6.07 Å². The molecule has 0 spiro atoms. The fraction of sp³-hybridized carbons (Fsp3) is 0.118. The van der Waals surface area contributed by atoms with E-state index in [-0.39, 0.29) is 22.0 Å². The molecule has 1 unspecified atom stereocenters. The molecule has 2 heterocycles. The van der Waals surface area contributed by atoms with Gasteiger partial charge < -0.3 is 9.84 Å². The van der Waals surface area contributed by atoms with Crippen molar-refractivity contribution in [2.45, 2.75) is 11.8 Å². The van der Waals surface area contributed by atoms with Gasteiger partial charge in [-0.15, -0.1) is 0 Å². The minimum Gasteiger partial charge on any atom is -0.449 e. The van der Waals surface area contributed by atoms with Gasteiger partial charge in [-0.05, 0) is 24.3 Å². The van der Waals surface area contributed by atoms with Crippen molar-refractivity contribution in [3.63, 3.8) is 0 Å². The van der Waals surface area contributed by atoms with Crippen LogP contribution in [-0.4, -0.2) is 32.7 Å². The summed E-state index contributed by atoms with van der Waals surface area (Å²) in [5, 5.41) is 25.4. The van der Waals surface area contributed by atoms with Gasteiger partial charge in [0.25, 0.3) is 11.1 Å². The van der Waals surface area contributed by atoms with E-state index in [0.717, 1.165) is 32.1 Å². The van der Waals surface area contributed by atoms with Gasteiger partial charge in [0, 0.05) is 11.1 Å². The molecule has 158 valence electrons. The monoisotopic (exact) mass is 451 g/mol. The normalized spacial score (nSPS) is 13.3. The van der Waals surface area contributed by atoms with Crippen LogP contribution in [0.4, 0.5) is 13.2 Å². The highest BCUT2D eigenvalue weighted by Gasteiger charge is 2.40. The Morgan fingerprint density at radius 1 is 1.26 bits per heavy atom. The minimum absolute atomic E-state index is 0.0174. The van der Waals surface area contributed by atoms with Crippen LogP contribution in [0.5, 0.6) is 11.5 Å². The first-order valence-corrected chi connectivity index (χ1v) is 8.67. The number of ether oxygens (including phenoxy) is 1. The lowest BCUT2D eigenvalue weighted by Gasteiger charge is -2.26. The molecule has 0 aliphatic carbocycles. The summed E-state index contributed by atoms with van der Waals surface area (Å²) in [5.41, 5.74) is -6.24. The molecule has 1 aromatic carbocycles. The maximum absolute atomic E-state index is 13.5. The third-order valence-electron chi connectivity index (χ3n) is 4.05. The summed E-state index contributed by atoms with van der Waals surface area (Å²) in [7, 11) is 1.06. The van der Waals surface area contributed by atoms with Crippen molar-refractivity contribution in [3.8, 4) is 17.6 Å².